The molecule has 110 valence electrons. The van der Waals surface area contributed by atoms with Crippen LogP contribution in [0, 0.1) is 11.3 Å². The fourth-order valence-corrected chi connectivity index (χ4v) is 2.08. The molecule has 0 fully saturated rings. The van der Waals surface area contributed by atoms with Crippen molar-refractivity contribution in [1.29, 1.82) is 5.26 Å². The monoisotopic (exact) mass is 294 g/mol. The molecule has 0 aliphatic rings. The Morgan fingerprint density at radius 3 is 2.38 bits per heavy atom. The molecule has 0 radical (unpaired) electrons. The van der Waals surface area contributed by atoms with Gasteiger partial charge in [0.2, 0.25) is 0 Å². The number of nitriles is 1. The van der Waals surface area contributed by atoms with Gasteiger partial charge in [-0.3, -0.25) is 4.68 Å². The first-order chi connectivity index (χ1) is 9.86. The van der Waals surface area contributed by atoms with Gasteiger partial charge in [-0.1, -0.05) is 19.1 Å². The lowest BCUT2D eigenvalue weighted by Crippen LogP contribution is -2.10. The van der Waals surface area contributed by atoms with Crippen LogP contribution in [0.4, 0.5) is 18.9 Å². The molecule has 1 aromatic carbocycles. The van der Waals surface area contributed by atoms with Gasteiger partial charge in [-0.25, -0.2) is 0 Å². The number of rotatable bonds is 3. The lowest BCUT2D eigenvalue weighted by molar-refractivity contribution is -0.140. The smallest absolute Gasteiger partial charge is 0.395 e. The highest BCUT2D eigenvalue weighted by molar-refractivity contribution is 5.50. The molecular formula is C14H13F3N4. The van der Waals surface area contributed by atoms with E-state index in [0.29, 0.717) is 17.7 Å². The number of nitrogens with two attached hydrogens (primary N) is 1. The number of benzene rings is 1. The van der Waals surface area contributed by atoms with Crippen molar-refractivity contribution in [1.82, 2.24) is 9.78 Å². The number of nitrogens with zero attached hydrogens (tertiary/aromatic N) is 3. The van der Waals surface area contributed by atoms with Crippen molar-refractivity contribution in [2.24, 2.45) is 0 Å². The number of nitrogen functional groups attached to an aromatic ring is 1. The predicted octanol–water partition coefficient (Wildman–Crippen LogP) is 2.97. The number of aromatic nitrogens is 2. The highest BCUT2D eigenvalue weighted by atomic mass is 19.4. The summed E-state index contributed by atoms with van der Waals surface area (Å²) in [5.41, 5.74) is 5.78. The van der Waals surface area contributed by atoms with Crippen LogP contribution in [0.15, 0.2) is 24.3 Å². The van der Waals surface area contributed by atoms with Crippen LogP contribution in [-0.4, -0.2) is 9.78 Å². The maximum atomic E-state index is 12.8. The standard InChI is InChI=1S/C14H13F3N4/c1-2-11-12(19)13(14(15,16)17)20-21(11)8-10-5-3-9(7-18)4-6-10/h3-6H,2,8,19H2,1H3. The summed E-state index contributed by atoms with van der Waals surface area (Å²) in [4.78, 5) is 0. The lowest BCUT2D eigenvalue weighted by Gasteiger charge is -2.06. The number of halogens is 3. The average molecular weight is 294 g/mol. The number of alkyl halides is 3. The van der Waals surface area contributed by atoms with Crippen LogP contribution in [0.5, 0.6) is 0 Å². The normalized spacial score (nSPS) is 11.4. The largest absolute Gasteiger partial charge is 0.437 e. The maximum Gasteiger partial charge on any atom is 0.437 e. The van der Waals surface area contributed by atoms with Crippen molar-refractivity contribution in [2.75, 3.05) is 5.73 Å². The van der Waals surface area contributed by atoms with Gasteiger partial charge in [0, 0.05) is 0 Å². The molecule has 21 heavy (non-hydrogen) atoms. The second kappa shape index (κ2) is 5.48. The second-order valence-corrected chi connectivity index (χ2v) is 4.53. The fourth-order valence-electron chi connectivity index (χ4n) is 2.08. The minimum absolute atomic E-state index is 0.176. The summed E-state index contributed by atoms with van der Waals surface area (Å²) in [6.07, 6.45) is -4.21. The molecule has 0 saturated carbocycles. The van der Waals surface area contributed by atoms with E-state index < -0.39 is 11.9 Å². The molecule has 0 aliphatic heterocycles. The summed E-state index contributed by atoms with van der Waals surface area (Å²) in [6, 6.07) is 8.57. The molecule has 0 unspecified atom stereocenters. The molecule has 1 heterocycles. The summed E-state index contributed by atoms with van der Waals surface area (Å²) < 4.78 is 39.7. The zero-order chi connectivity index (χ0) is 15.6. The lowest BCUT2D eigenvalue weighted by atomic mass is 10.1. The molecular weight excluding hydrogens is 281 g/mol. The van der Waals surface area contributed by atoms with Gasteiger partial charge in [0.05, 0.1) is 29.6 Å². The van der Waals surface area contributed by atoms with Gasteiger partial charge in [-0.05, 0) is 24.1 Å². The molecule has 7 heteroatoms. The Bertz CT molecular complexity index is 678. The average Bonchev–Trinajstić information content (AvgIpc) is 2.75. The number of anilines is 1. The van der Waals surface area contributed by atoms with Crippen LogP contribution in [-0.2, 0) is 19.1 Å². The first kappa shape index (κ1) is 14.9. The van der Waals surface area contributed by atoms with E-state index in [0.717, 1.165) is 5.56 Å². The van der Waals surface area contributed by atoms with Crippen molar-refractivity contribution in [3.8, 4) is 6.07 Å². The fraction of sp³-hybridized carbons (Fsp3) is 0.286. The number of hydrogen-bond donors (Lipinski definition) is 1. The highest BCUT2D eigenvalue weighted by Crippen LogP contribution is 2.34. The van der Waals surface area contributed by atoms with Crippen molar-refractivity contribution in [2.45, 2.75) is 26.1 Å². The molecule has 2 rings (SSSR count). The summed E-state index contributed by atoms with van der Waals surface area (Å²) in [5, 5.41) is 12.3. The Morgan fingerprint density at radius 1 is 1.29 bits per heavy atom. The molecule has 1 aromatic heterocycles. The zero-order valence-electron chi connectivity index (χ0n) is 11.3. The molecule has 2 aromatic rings. The topological polar surface area (TPSA) is 67.6 Å². The van der Waals surface area contributed by atoms with Crippen molar-refractivity contribution in [3.63, 3.8) is 0 Å². The summed E-state index contributed by atoms with van der Waals surface area (Å²) in [7, 11) is 0. The van der Waals surface area contributed by atoms with Gasteiger partial charge < -0.3 is 5.73 Å². The quantitative estimate of drug-likeness (QED) is 0.946. The Morgan fingerprint density at radius 2 is 1.90 bits per heavy atom. The van der Waals surface area contributed by atoms with E-state index in [1.54, 1.807) is 31.2 Å². The molecule has 0 spiro atoms. The van der Waals surface area contributed by atoms with Crippen LogP contribution in [0.1, 0.15) is 29.4 Å². The molecule has 0 bridgehead atoms. The van der Waals surface area contributed by atoms with Crippen LogP contribution in [0.3, 0.4) is 0 Å². The molecule has 0 aliphatic carbocycles. The molecule has 0 saturated heterocycles. The second-order valence-electron chi connectivity index (χ2n) is 4.53. The Kier molecular flexibility index (Phi) is 3.89. The molecule has 0 atom stereocenters. The van der Waals surface area contributed by atoms with E-state index >= 15 is 0 Å². The van der Waals surface area contributed by atoms with Gasteiger partial charge in [0.1, 0.15) is 0 Å². The van der Waals surface area contributed by atoms with Gasteiger partial charge in [-0.15, -0.1) is 0 Å². The SMILES string of the molecule is CCc1c(N)c(C(F)(F)F)nn1Cc1ccc(C#N)cc1. The minimum Gasteiger partial charge on any atom is -0.395 e. The van der Waals surface area contributed by atoms with Crippen LogP contribution in [0.2, 0.25) is 0 Å². The Labute approximate surface area is 119 Å². The Hall–Kier alpha value is -2.49. The van der Waals surface area contributed by atoms with Crippen molar-refractivity contribution >= 4 is 5.69 Å². The van der Waals surface area contributed by atoms with Crippen molar-refractivity contribution in [3.05, 3.63) is 46.8 Å². The van der Waals surface area contributed by atoms with E-state index in [1.807, 2.05) is 6.07 Å². The first-order valence-corrected chi connectivity index (χ1v) is 6.28. The minimum atomic E-state index is -4.57. The molecule has 2 N–H and O–H groups in total. The summed E-state index contributed by atoms with van der Waals surface area (Å²) in [5.74, 6) is 0. The van der Waals surface area contributed by atoms with E-state index in [1.165, 1.54) is 4.68 Å². The first-order valence-electron chi connectivity index (χ1n) is 6.28. The van der Waals surface area contributed by atoms with Crippen LogP contribution in [0.25, 0.3) is 0 Å². The van der Waals surface area contributed by atoms with Crippen LogP contribution < -0.4 is 5.73 Å². The summed E-state index contributed by atoms with van der Waals surface area (Å²) >= 11 is 0. The molecule has 0 amide bonds. The van der Waals surface area contributed by atoms with Gasteiger partial charge in [0.25, 0.3) is 0 Å². The zero-order valence-corrected chi connectivity index (χ0v) is 11.3. The van der Waals surface area contributed by atoms with Crippen molar-refractivity contribution < 1.29 is 13.2 Å². The third-order valence-electron chi connectivity index (χ3n) is 3.12. The third-order valence-corrected chi connectivity index (χ3v) is 3.12. The highest BCUT2D eigenvalue weighted by Gasteiger charge is 2.38. The van der Waals surface area contributed by atoms with E-state index in [2.05, 4.69) is 5.10 Å². The van der Waals surface area contributed by atoms with Gasteiger partial charge >= 0.3 is 6.18 Å². The Balaban J connectivity index is 2.37. The predicted molar refractivity (Wildman–Crippen MR) is 71.3 cm³/mol. The number of hydrogen-bond acceptors (Lipinski definition) is 3. The van der Waals surface area contributed by atoms with Gasteiger partial charge in [0.15, 0.2) is 5.69 Å². The molecule has 4 nitrogen and oxygen atoms in total. The van der Waals surface area contributed by atoms with E-state index in [4.69, 9.17) is 11.0 Å². The van der Waals surface area contributed by atoms with E-state index in [-0.39, 0.29) is 12.2 Å². The van der Waals surface area contributed by atoms with Gasteiger partial charge in [-0.2, -0.15) is 23.5 Å². The maximum absolute atomic E-state index is 12.8. The van der Waals surface area contributed by atoms with Crippen LogP contribution >= 0.6 is 0 Å². The third kappa shape index (κ3) is 2.99. The van der Waals surface area contributed by atoms with E-state index in [9.17, 15) is 13.2 Å². The summed E-state index contributed by atoms with van der Waals surface area (Å²) in [6.45, 7) is 1.90.